The van der Waals surface area contributed by atoms with E-state index in [9.17, 15) is 9.50 Å². The first-order valence-corrected chi connectivity index (χ1v) is 6.93. The first kappa shape index (κ1) is 12.1. The molecule has 18 heavy (non-hydrogen) atoms. The topological polar surface area (TPSA) is 32.3 Å². The van der Waals surface area contributed by atoms with Crippen LogP contribution in [-0.2, 0) is 6.42 Å². The van der Waals surface area contributed by atoms with Crippen LogP contribution in [0.25, 0.3) is 0 Å². The first-order chi connectivity index (χ1) is 8.74. The molecular weight excluding hydrogens is 229 g/mol. The third-order valence-corrected chi connectivity index (χ3v) is 4.38. The molecule has 0 saturated heterocycles. The molecule has 0 aromatic heterocycles. The van der Waals surface area contributed by atoms with Crippen LogP contribution in [0.4, 0.5) is 4.39 Å². The minimum atomic E-state index is -0.106. The predicted octanol–water partition coefficient (Wildman–Crippen LogP) is 2.56. The van der Waals surface area contributed by atoms with E-state index in [-0.39, 0.29) is 11.9 Å². The van der Waals surface area contributed by atoms with Crippen molar-refractivity contribution in [2.45, 2.75) is 44.2 Å². The molecule has 0 heterocycles. The Morgan fingerprint density at radius 1 is 1.28 bits per heavy atom. The van der Waals surface area contributed by atoms with Crippen LogP contribution in [-0.4, -0.2) is 17.8 Å². The van der Waals surface area contributed by atoms with Gasteiger partial charge in [-0.25, -0.2) is 4.39 Å². The Kier molecular flexibility index (Phi) is 3.35. The van der Waals surface area contributed by atoms with E-state index in [2.05, 4.69) is 5.32 Å². The second kappa shape index (κ2) is 4.98. The van der Waals surface area contributed by atoms with E-state index in [0.717, 1.165) is 49.8 Å². The van der Waals surface area contributed by atoms with Crippen molar-refractivity contribution in [2.24, 2.45) is 5.92 Å². The highest BCUT2D eigenvalue weighted by atomic mass is 19.1. The molecule has 2 aliphatic carbocycles. The maximum atomic E-state index is 13.6. The molecule has 2 nitrogen and oxygen atoms in total. The van der Waals surface area contributed by atoms with Crippen molar-refractivity contribution in [3.05, 3.63) is 35.1 Å². The third-order valence-electron chi connectivity index (χ3n) is 4.38. The van der Waals surface area contributed by atoms with Gasteiger partial charge in [0.2, 0.25) is 0 Å². The molecule has 1 fully saturated rings. The van der Waals surface area contributed by atoms with Crippen LogP contribution >= 0.6 is 0 Å². The molecule has 0 bridgehead atoms. The highest BCUT2D eigenvalue weighted by Gasteiger charge is 2.27. The Morgan fingerprint density at radius 2 is 2.17 bits per heavy atom. The summed E-state index contributed by atoms with van der Waals surface area (Å²) in [6, 6.07) is 5.68. The van der Waals surface area contributed by atoms with E-state index >= 15 is 0 Å². The number of nitrogens with one attached hydrogen (secondary N) is 1. The fourth-order valence-electron chi connectivity index (χ4n) is 3.36. The maximum absolute atomic E-state index is 13.6. The summed E-state index contributed by atoms with van der Waals surface area (Å²) in [4.78, 5) is 0. The molecule has 2 aliphatic rings. The second-order valence-corrected chi connectivity index (χ2v) is 5.64. The minimum absolute atomic E-state index is 0.0620. The van der Waals surface area contributed by atoms with Gasteiger partial charge in [-0.15, -0.1) is 0 Å². The van der Waals surface area contributed by atoms with Crippen LogP contribution in [0.5, 0.6) is 0 Å². The zero-order valence-corrected chi connectivity index (χ0v) is 10.5. The van der Waals surface area contributed by atoms with Gasteiger partial charge in [0.1, 0.15) is 5.82 Å². The number of halogens is 1. The molecule has 3 rings (SSSR count). The van der Waals surface area contributed by atoms with Crippen molar-refractivity contribution in [2.75, 3.05) is 6.54 Å². The number of hydrogen-bond donors (Lipinski definition) is 2. The van der Waals surface area contributed by atoms with Gasteiger partial charge in [0.25, 0.3) is 0 Å². The van der Waals surface area contributed by atoms with Crippen molar-refractivity contribution in [1.29, 1.82) is 0 Å². The van der Waals surface area contributed by atoms with E-state index in [4.69, 9.17) is 0 Å². The average molecular weight is 249 g/mol. The predicted molar refractivity (Wildman–Crippen MR) is 68.8 cm³/mol. The molecule has 0 amide bonds. The van der Waals surface area contributed by atoms with Gasteiger partial charge in [-0.05, 0) is 61.8 Å². The van der Waals surface area contributed by atoms with Gasteiger partial charge in [-0.2, -0.15) is 0 Å². The quantitative estimate of drug-likeness (QED) is 0.863. The molecule has 0 radical (unpaired) electrons. The van der Waals surface area contributed by atoms with Gasteiger partial charge in [0.05, 0.1) is 6.10 Å². The van der Waals surface area contributed by atoms with Gasteiger partial charge >= 0.3 is 0 Å². The largest absolute Gasteiger partial charge is 0.393 e. The Morgan fingerprint density at radius 3 is 2.94 bits per heavy atom. The average Bonchev–Trinajstić information content (AvgIpc) is 2.94. The maximum Gasteiger partial charge on any atom is 0.126 e. The summed E-state index contributed by atoms with van der Waals surface area (Å²) < 4.78 is 13.6. The SMILES string of the molecule is OC1CCC(CNC2CCc3c(F)cccc32)C1. The number of fused-ring (bicyclic) bond motifs is 1. The van der Waals surface area contributed by atoms with Gasteiger partial charge in [-0.3, -0.25) is 0 Å². The fraction of sp³-hybridized carbons (Fsp3) is 0.600. The first-order valence-electron chi connectivity index (χ1n) is 6.93. The van der Waals surface area contributed by atoms with Crippen LogP contribution in [0.2, 0.25) is 0 Å². The standard InChI is InChI=1S/C15H20FNO/c16-14-3-1-2-13-12(14)6-7-15(13)17-9-10-4-5-11(18)8-10/h1-3,10-11,15,17-18H,4-9H2. The van der Waals surface area contributed by atoms with Crippen LogP contribution in [0, 0.1) is 11.7 Å². The molecule has 0 aliphatic heterocycles. The molecule has 3 heteroatoms. The summed E-state index contributed by atoms with van der Waals surface area (Å²) in [6.45, 7) is 0.942. The lowest BCUT2D eigenvalue weighted by Crippen LogP contribution is -2.25. The number of hydrogen-bond acceptors (Lipinski definition) is 2. The fourth-order valence-corrected chi connectivity index (χ4v) is 3.36. The molecule has 0 spiro atoms. The van der Waals surface area contributed by atoms with Crippen LogP contribution in [0.3, 0.4) is 0 Å². The summed E-state index contributed by atoms with van der Waals surface area (Å²) in [7, 11) is 0. The van der Waals surface area contributed by atoms with Crippen LogP contribution < -0.4 is 5.32 Å². The third kappa shape index (κ3) is 2.29. The smallest absolute Gasteiger partial charge is 0.126 e. The van der Waals surface area contributed by atoms with Crippen molar-refractivity contribution in [3.63, 3.8) is 0 Å². The summed E-state index contributed by atoms with van der Waals surface area (Å²) in [5, 5.41) is 13.1. The molecule has 2 N–H and O–H groups in total. The van der Waals surface area contributed by atoms with E-state index in [1.807, 2.05) is 6.07 Å². The number of rotatable bonds is 3. The molecule has 1 aromatic carbocycles. The highest BCUT2D eigenvalue weighted by molar-refractivity contribution is 5.35. The lowest BCUT2D eigenvalue weighted by atomic mass is 10.1. The van der Waals surface area contributed by atoms with Crippen LogP contribution in [0.1, 0.15) is 42.9 Å². The van der Waals surface area contributed by atoms with Crippen LogP contribution in [0.15, 0.2) is 18.2 Å². The summed E-state index contributed by atoms with van der Waals surface area (Å²) in [6.07, 6.45) is 4.68. The van der Waals surface area contributed by atoms with Crippen molar-refractivity contribution in [1.82, 2.24) is 5.32 Å². The molecular formula is C15H20FNO. The van der Waals surface area contributed by atoms with Crippen molar-refractivity contribution < 1.29 is 9.50 Å². The van der Waals surface area contributed by atoms with E-state index in [1.54, 1.807) is 12.1 Å². The van der Waals surface area contributed by atoms with Crippen molar-refractivity contribution in [3.8, 4) is 0 Å². The number of benzene rings is 1. The monoisotopic (exact) mass is 249 g/mol. The Bertz CT molecular complexity index is 435. The molecule has 3 unspecified atom stereocenters. The lowest BCUT2D eigenvalue weighted by molar-refractivity contribution is 0.177. The van der Waals surface area contributed by atoms with Gasteiger partial charge < -0.3 is 10.4 Å². The van der Waals surface area contributed by atoms with Gasteiger partial charge in [0.15, 0.2) is 0 Å². The summed E-state index contributed by atoms with van der Waals surface area (Å²) in [5.41, 5.74) is 2.02. The Balaban J connectivity index is 1.61. The van der Waals surface area contributed by atoms with Crippen molar-refractivity contribution >= 4 is 0 Å². The normalized spacial score (nSPS) is 30.7. The highest BCUT2D eigenvalue weighted by Crippen LogP contribution is 2.33. The van der Waals surface area contributed by atoms with E-state index < -0.39 is 0 Å². The van der Waals surface area contributed by atoms with E-state index in [1.165, 1.54) is 0 Å². The van der Waals surface area contributed by atoms with Gasteiger partial charge in [-0.1, -0.05) is 12.1 Å². The minimum Gasteiger partial charge on any atom is -0.393 e. The summed E-state index contributed by atoms with van der Waals surface area (Å²) >= 11 is 0. The number of aliphatic hydroxyl groups is 1. The molecule has 1 saturated carbocycles. The summed E-state index contributed by atoms with van der Waals surface area (Å²) in [5.74, 6) is 0.519. The zero-order chi connectivity index (χ0) is 12.5. The lowest BCUT2D eigenvalue weighted by Gasteiger charge is -2.17. The Labute approximate surface area is 107 Å². The number of aliphatic hydroxyl groups excluding tert-OH is 1. The zero-order valence-electron chi connectivity index (χ0n) is 10.5. The molecule has 3 atom stereocenters. The van der Waals surface area contributed by atoms with E-state index in [0.29, 0.717) is 12.0 Å². The Hall–Kier alpha value is -0.930. The molecule has 98 valence electrons. The second-order valence-electron chi connectivity index (χ2n) is 5.64. The van der Waals surface area contributed by atoms with Gasteiger partial charge in [0, 0.05) is 6.04 Å². The molecule has 1 aromatic rings.